The van der Waals surface area contributed by atoms with Gasteiger partial charge in [0.05, 0.1) is 0 Å². The van der Waals surface area contributed by atoms with Crippen molar-refractivity contribution in [3.05, 3.63) is 0 Å². The summed E-state index contributed by atoms with van der Waals surface area (Å²) in [5.74, 6) is 0. The summed E-state index contributed by atoms with van der Waals surface area (Å²) in [7, 11) is 0. The summed E-state index contributed by atoms with van der Waals surface area (Å²) in [5.41, 5.74) is 0. The molecule has 3 heteroatoms. The maximum atomic E-state index is 3.36. The van der Waals surface area contributed by atoms with Crippen LogP contribution in [0.15, 0.2) is 0 Å². The first-order chi connectivity index (χ1) is 5.43. The van der Waals surface area contributed by atoms with Crippen LogP contribution >= 0.6 is 13.5 Å². The number of hydrogen-bond donors (Lipinski definition) is 1. The quantitative estimate of drug-likeness (QED) is 0.670. The van der Waals surface area contributed by atoms with E-state index >= 15 is 0 Å². The van der Waals surface area contributed by atoms with E-state index in [2.05, 4.69) is 17.1 Å². The van der Waals surface area contributed by atoms with Crippen LogP contribution in [0.2, 0.25) is 0 Å². The van der Waals surface area contributed by atoms with Crippen molar-refractivity contribution in [1.82, 2.24) is 10.2 Å². The molecular weight excluding hydrogens is 168 g/mol. The standard InChI is InChI=1S/C9H20N2.H2S/c1-2-3-4-7-11-8-5-10-6-9-11;/h10H,2-9H2,1H3;1H2. The van der Waals surface area contributed by atoms with Gasteiger partial charge in [0.1, 0.15) is 0 Å². The number of hydrogen-bond acceptors (Lipinski definition) is 2. The van der Waals surface area contributed by atoms with E-state index in [4.69, 9.17) is 0 Å². The third-order valence-corrected chi connectivity index (χ3v) is 2.29. The molecule has 12 heavy (non-hydrogen) atoms. The highest BCUT2D eigenvalue weighted by Gasteiger charge is 2.07. The lowest BCUT2D eigenvalue weighted by Crippen LogP contribution is -2.43. The van der Waals surface area contributed by atoms with E-state index < -0.39 is 0 Å². The molecule has 0 aliphatic carbocycles. The molecule has 1 rings (SSSR count). The average Bonchev–Trinajstić information content (AvgIpc) is 2.07. The Morgan fingerprint density at radius 1 is 1.17 bits per heavy atom. The third-order valence-electron chi connectivity index (χ3n) is 2.29. The zero-order valence-electron chi connectivity index (χ0n) is 8.10. The normalized spacial score (nSPS) is 18.8. The second-order valence-corrected chi connectivity index (χ2v) is 3.30. The first kappa shape index (κ1) is 12.3. The van der Waals surface area contributed by atoms with Crippen LogP contribution in [-0.2, 0) is 0 Å². The third kappa shape index (κ3) is 5.01. The molecule has 0 unspecified atom stereocenters. The van der Waals surface area contributed by atoms with Crippen molar-refractivity contribution in [3.63, 3.8) is 0 Å². The first-order valence-corrected chi connectivity index (χ1v) is 4.86. The summed E-state index contributed by atoms with van der Waals surface area (Å²) in [4.78, 5) is 2.56. The fourth-order valence-electron chi connectivity index (χ4n) is 1.52. The maximum Gasteiger partial charge on any atom is 0.0107 e. The summed E-state index contributed by atoms with van der Waals surface area (Å²) in [6.07, 6.45) is 4.12. The Labute approximate surface area is 83.2 Å². The van der Waals surface area contributed by atoms with Crippen molar-refractivity contribution >= 4 is 13.5 Å². The summed E-state index contributed by atoms with van der Waals surface area (Å²) in [6.45, 7) is 8.46. The van der Waals surface area contributed by atoms with Gasteiger partial charge in [0.2, 0.25) is 0 Å². The minimum Gasteiger partial charge on any atom is -0.314 e. The predicted molar refractivity (Wildman–Crippen MR) is 59.2 cm³/mol. The van der Waals surface area contributed by atoms with Gasteiger partial charge in [-0.1, -0.05) is 19.8 Å². The van der Waals surface area contributed by atoms with E-state index in [0.717, 1.165) is 0 Å². The van der Waals surface area contributed by atoms with Crippen LogP contribution in [0.3, 0.4) is 0 Å². The van der Waals surface area contributed by atoms with Gasteiger partial charge in [-0.05, 0) is 13.0 Å². The molecule has 1 aliphatic heterocycles. The van der Waals surface area contributed by atoms with Crippen molar-refractivity contribution < 1.29 is 0 Å². The molecule has 0 aromatic heterocycles. The lowest BCUT2D eigenvalue weighted by atomic mass is 10.2. The number of nitrogens with zero attached hydrogens (tertiary/aromatic N) is 1. The maximum absolute atomic E-state index is 3.36. The van der Waals surface area contributed by atoms with Gasteiger partial charge in [-0.25, -0.2) is 0 Å². The minimum atomic E-state index is 0. The highest BCUT2D eigenvalue weighted by molar-refractivity contribution is 7.59. The van der Waals surface area contributed by atoms with Crippen LogP contribution in [0.5, 0.6) is 0 Å². The highest BCUT2D eigenvalue weighted by Crippen LogP contribution is 1.98. The average molecular weight is 190 g/mol. The molecule has 1 aliphatic rings. The number of rotatable bonds is 4. The summed E-state index contributed by atoms with van der Waals surface area (Å²) in [5, 5.41) is 3.36. The van der Waals surface area contributed by atoms with Crippen molar-refractivity contribution in [2.24, 2.45) is 0 Å². The number of piperazine rings is 1. The molecule has 0 saturated carbocycles. The Morgan fingerprint density at radius 3 is 2.42 bits per heavy atom. The van der Waals surface area contributed by atoms with E-state index in [1.54, 1.807) is 0 Å². The minimum absolute atomic E-state index is 0. The zero-order valence-corrected chi connectivity index (χ0v) is 9.10. The summed E-state index contributed by atoms with van der Waals surface area (Å²) >= 11 is 0. The van der Waals surface area contributed by atoms with Crippen LogP contribution in [0.25, 0.3) is 0 Å². The molecule has 74 valence electrons. The van der Waals surface area contributed by atoms with Gasteiger partial charge in [-0.2, -0.15) is 13.5 Å². The summed E-state index contributed by atoms with van der Waals surface area (Å²) in [6, 6.07) is 0. The van der Waals surface area contributed by atoms with Gasteiger partial charge in [-0.15, -0.1) is 0 Å². The molecular formula is C9H22N2S. The lowest BCUT2D eigenvalue weighted by molar-refractivity contribution is 0.236. The fraction of sp³-hybridized carbons (Fsp3) is 1.00. The second kappa shape index (κ2) is 7.90. The Kier molecular flexibility index (Phi) is 8.07. The van der Waals surface area contributed by atoms with Gasteiger partial charge in [0, 0.05) is 26.2 Å². The molecule has 2 nitrogen and oxygen atoms in total. The fourth-order valence-corrected chi connectivity index (χ4v) is 1.52. The molecule has 1 fully saturated rings. The lowest BCUT2D eigenvalue weighted by Gasteiger charge is -2.26. The molecule has 0 amide bonds. The Morgan fingerprint density at radius 2 is 1.83 bits per heavy atom. The van der Waals surface area contributed by atoms with Crippen molar-refractivity contribution in [2.45, 2.75) is 26.2 Å². The molecule has 0 atom stereocenters. The molecule has 1 saturated heterocycles. The monoisotopic (exact) mass is 190 g/mol. The molecule has 1 heterocycles. The second-order valence-electron chi connectivity index (χ2n) is 3.30. The van der Waals surface area contributed by atoms with Gasteiger partial charge in [0.15, 0.2) is 0 Å². The van der Waals surface area contributed by atoms with E-state index in [0.29, 0.717) is 0 Å². The van der Waals surface area contributed by atoms with Gasteiger partial charge >= 0.3 is 0 Å². The Bertz CT molecular complexity index is 92.5. The van der Waals surface area contributed by atoms with E-state index in [-0.39, 0.29) is 13.5 Å². The van der Waals surface area contributed by atoms with Crippen LogP contribution in [-0.4, -0.2) is 37.6 Å². The topological polar surface area (TPSA) is 15.3 Å². The van der Waals surface area contributed by atoms with E-state index in [9.17, 15) is 0 Å². The Hall–Kier alpha value is 0.270. The first-order valence-electron chi connectivity index (χ1n) is 4.86. The molecule has 0 bridgehead atoms. The molecule has 0 radical (unpaired) electrons. The van der Waals surface area contributed by atoms with Crippen LogP contribution in [0, 0.1) is 0 Å². The highest BCUT2D eigenvalue weighted by atomic mass is 32.1. The number of nitrogens with one attached hydrogen (secondary N) is 1. The van der Waals surface area contributed by atoms with Gasteiger partial charge < -0.3 is 10.2 Å². The smallest absolute Gasteiger partial charge is 0.0107 e. The van der Waals surface area contributed by atoms with Crippen LogP contribution in [0.4, 0.5) is 0 Å². The van der Waals surface area contributed by atoms with Crippen LogP contribution in [0.1, 0.15) is 26.2 Å². The van der Waals surface area contributed by atoms with Gasteiger partial charge in [0.25, 0.3) is 0 Å². The zero-order chi connectivity index (χ0) is 7.94. The van der Waals surface area contributed by atoms with Crippen LogP contribution < -0.4 is 5.32 Å². The predicted octanol–water partition coefficient (Wildman–Crippen LogP) is 1.19. The van der Waals surface area contributed by atoms with E-state index in [1.807, 2.05) is 0 Å². The molecule has 0 spiro atoms. The van der Waals surface area contributed by atoms with Crippen molar-refractivity contribution in [3.8, 4) is 0 Å². The Balaban J connectivity index is 0.00000121. The molecule has 1 N–H and O–H groups in total. The molecule has 0 aromatic rings. The SMILES string of the molecule is CCCCCN1CCNCC1.S. The number of unbranched alkanes of at least 4 members (excludes halogenated alkanes) is 2. The summed E-state index contributed by atoms with van der Waals surface area (Å²) < 4.78 is 0. The van der Waals surface area contributed by atoms with Gasteiger partial charge in [-0.3, -0.25) is 0 Å². The van der Waals surface area contributed by atoms with E-state index in [1.165, 1.54) is 52.0 Å². The molecule has 0 aromatic carbocycles. The largest absolute Gasteiger partial charge is 0.314 e. The van der Waals surface area contributed by atoms with Crippen molar-refractivity contribution in [2.75, 3.05) is 32.7 Å². The van der Waals surface area contributed by atoms with Crippen molar-refractivity contribution in [1.29, 1.82) is 0 Å².